The zero-order chi connectivity index (χ0) is 25.5. The maximum atomic E-state index is 12.6. The van der Waals surface area contributed by atoms with Crippen LogP contribution >= 0.6 is 0 Å². The molecule has 1 unspecified atom stereocenters. The molecule has 0 saturated carbocycles. The predicted molar refractivity (Wildman–Crippen MR) is 123 cm³/mol. The SMILES string of the molecule is Cc1cc(C)n(-c2cccc(CN(C)C(=O)CCN3CCCC(C)C3)c2)n1.O=C(O)C(F)(F)F. The molecule has 7 nitrogen and oxygen atoms in total. The number of alkyl halides is 3. The maximum absolute atomic E-state index is 12.6. The Bertz CT molecular complexity index is 975. The number of nitrogens with zero attached hydrogens (tertiary/aromatic N) is 4. The van der Waals surface area contributed by atoms with Crippen LogP contribution in [0.25, 0.3) is 5.69 Å². The predicted octanol–water partition coefficient (Wildman–Crippen LogP) is 4.20. The quantitative estimate of drug-likeness (QED) is 0.668. The highest BCUT2D eigenvalue weighted by atomic mass is 19.4. The van der Waals surface area contributed by atoms with Gasteiger partial charge < -0.3 is 14.9 Å². The third-order valence-electron chi connectivity index (χ3n) is 5.64. The lowest BCUT2D eigenvalue weighted by Gasteiger charge is -2.31. The Morgan fingerprint density at radius 1 is 1.24 bits per heavy atom. The lowest BCUT2D eigenvalue weighted by atomic mass is 10.0. The van der Waals surface area contributed by atoms with Crippen LogP contribution in [0.1, 0.15) is 43.1 Å². The van der Waals surface area contributed by atoms with Crippen LogP contribution in [0.2, 0.25) is 0 Å². The molecule has 10 heteroatoms. The summed E-state index contributed by atoms with van der Waals surface area (Å²) in [6.07, 6.45) is -1.92. The Kier molecular flexibility index (Phi) is 9.66. The summed E-state index contributed by atoms with van der Waals surface area (Å²) in [6, 6.07) is 10.4. The monoisotopic (exact) mass is 482 g/mol. The summed E-state index contributed by atoms with van der Waals surface area (Å²) in [5.41, 5.74) is 4.30. The number of rotatable bonds is 6. The van der Waals surface area contributed by atoms with Gasteiger partial charge in [-0.05, 0) is 62.9 Å². The van der Waals surface area contributed by atoms with E-state index in [2.05, 4.69) is 48.1 Å². The number of aryl methyl sites for hydroxylation is 2. The van der Waals surface area contributed by atoms with E-state index in [1.807, 2.05) is 29.6 Å². The van der Waals surface area contributed by atoms with Crippen molar-refractivity contribution in [3.8, 4) is 5.69 Å². The molecule has 0 bridgehead atoms. The fraction of sp³-hybridized carbons (Fsp3) is 0.542. The molecule has 1 saturated heterocycles. The fourth-order valence-electron chi connectivity index (χ4n) is 3.97. The van der Waals surface area contributed by atoms with Gasteiger partial charge in [0, 0.05) is 38.8 Å². The van der Waals surface area contributed by atoms with Crippen LogP contribution in [0, 0.1) is 19.8 Å². The molecular weight excluding hydrogens is 449 g/mol. The highest BCUT2D eigenvalue weighted by molar-refractivity contribution is 5.76. The second-order valence-corrected chi connectivity index (χ2v) is 8.86. The zero-order valence-corrected chi connectivity index (χ0v) is 20.1. The van der Waals surface area contributed by atoms with Gasteiger partial charge in [0.05, 0.1) is 11.4 Å². The van der Waals surface area contributed by atoms with Crippen LogP contribution in [0.4, 0.5) is 13.2 Å². The number of carbonyl (C=O) groups is 2. The average Bonchev–Trinajstić information content (AvgIpc) is 3.10. The number of carboxylic acid groups (broad SMARTS) is 1. The Morgan fingerprint density at radius 2 is 1.91 bits per heavy atom. The van der Waals surface area contributed by atoms with Crippen molar-refractivity contribution in [3.63, 3.8) is 0 Å². The van der Waals surface area contributed by atoms with Crippen LogP contribution in [0.15, 0.2) is 30.3 Å². The average molecular weight is 483 g/mol. The van der Waals surface area contributed by atoms with Crippen molar-refractivity contribution in [2.75, 3.05) is 26.7 Å². The molecule has 1 aliphatic rings. The molecule has 0 aliphatic carbocycles. The highest BCUT2D eigenvalue weighted by Gasteiger charge is 2.38. The van der Waals surface area contributed by atoms with Gasteiger partial charge in [-0.25, -0.2) is 9.48 Å². The summed E-state index contributed by atoms with van der Waals surface area (Å²) in [5, 5.41) is 11.7. The first-order chi connectivity index (χ1) is 15.9. The number of hydrogen-bond donors (Lipinski definition) is 1. The lowest BCUT2D eigenvalue weighted by molar-refractivity contribution is -0.192. The molecule has 2 aromatic rings. The van der Waals surface area contributed by atoms with Gasteiger partial charge in [0.1, 0.15) is 0 Å². The number of piperidine rings is 1. The molecule has 0 radical (unpaired) electrons. The number of benzene rings is 1. The van der Waals surface area contributed by atoms with Crippen molar-refractivity contribution in [1.29, 1.82) is 0 Å². The topological polar surface area (TPSA) is 78.7 Å². The van der Waals surface area contributed by atoms with Crippen LogP contribution in [0.5, 0.6) is 0 Å². The smallest absolute Gasteiger partial charge is 0.475 e. The van der Waals surface area contributed by atoms with Crippen LogP contribution in [-0.2, 0) is 16.1 Å². The van der Waals surface area contributed by atoms with Crippen molar-refractivity contribution < 1.29 is 27.9 Å². The maximum Gasteiger partial charge on any atom is 0.490 e. The first kappa shape index (κ1) is 27.4. The molecular formula is C24H33F3N4O3. The number of likely N-dealkylation sites (tertiary alicyclic amines) is 1. The van der Waals surface area contributed by atoms with Gasteiger partial charge in [0.2, 0.25) is 5.91 Å². The number of hydrogen-bond acceptors (Lipinski definition) is 4. The Balaban J connectivity index is 0.000000509. The summed E-state index contributed by atoms with van der Waals surface area (Å²) in [7, 11) is 1.90. The summed E-state index contributed by atoms with van der Waals surface area (Å²) >= 11 is 0. The minimum absolute atomic E-state index is 0.213. The van der Waals surface area contributed by atoms with E-state index in [9.17, 15) is 18.0 Å². The number of aliphatic carboxylic acids is 1. The molecule has 188 valence electrons. The van der Waals surface area contributed by atoms with Gasteiger partial charge >= 0.3 is 12.1 Å². The minimum Gasteiger partial charge on any atom is -0.475 e. The van der Waals surface area contributed by atoms with E-state index in [0.29, 0.717) is 13.0 Å². The third-order valence-corrected chi connectivity index (χ3v) is 5.64. The van der Waals surface area contributed by atoms with E-state index >= 15 is 0 Å². The molecule has 1 aromatic heterocycles. The standard InChI is InChI=1S/C22H32N4O.C2HF3O2/c1-17-7-6-11-25(15-17)12-10-22(27)24(4)16-20-8-5-9-21(14-20)26-19(3)13-18(2)23-26;3-2(4,5)1(6)7/h5,8-9,13-14,17H,6-7,10-12,15-16H2,1-4H3;(H,6,7). The Morgan fingerprint density at radius 3 is 2.47 bits per heavy atom. The first-order valence-corrected chi connectivity index (χ1v) is 11.3. The van der Waals surface area contributed by atoms with Crippen molar-refractivity contribution in [2.24, 2.45) is 5.92 Å². The minimum atomic E-state index is -5.08. The van der Waals surface area contributed by atoms with Gasteiger partial charge in [-0.1, -0.05) is 19.1 Å². The number of halogens is 3. The second-order valence-electron chi connectivity index (χ2n) is 8.86. The van der Waals surface area contributed by atoms with Gasteiger partial charge in [-0.3, -0.25) is 4.79 Å². The zero-order valence-electron chi connectivity index (χ0n) is 20.1. The molecule has 34 heavy (non-hydrogen) atoms. The molecule has 1 aromatic carbocycles. The summed E-state index contributed by atoms with van der Waals surface area (Å²) in [6.45, 7) is 10.1. The van der Waals surface area contributed by atoms with E-state index in [1.54, 1.807) is 0 Å². The molecule has 1 amide bonds. The lowest BCUT2D eigenvalue weighted by Crippen LogP contribution is -2.37. The first-order valence-electron chi connectivity index (χ1n) is 11.3. The molecule has 1 fully saturated rings. The summed E-state index contributed by atoms with van der Waals surface area (Å²) < 4.78 is 33.7. The van der Waals surface area contributed by atoms with E-state index in [1.165, 1.54) is 12.8 Å². The number of amides is 1. The third kappa shape index (κ3) is 8.48. The van der Waals surface area contributed by atoms with E-state index in [4.69, 9.17) is 9.90 Å². The van der Waals surface area contributed by atoms with Crippen molar-refractivity contribution in [3.05, 3.63) is 47.3 Å². The van der Waals surface area contributed by atoms with Crippen molar-refractivity contribution in [2.45, 2.75) is 52.8 Å². The van der Waals surface area contributed by atoms with E-state index < -0.39 is 12.1 Å². The Hall–Kier alpha value is -2.88. The molecule has 0 spiro atoms. The fourth-order valence-corrected chi connectivity index (χ4v) is 3.97. The molecule has 1 atom stereocenters. The summed E-state index contributed by atoms with van der Waals surface area (Å²) in [5.74, 6) is -1.79. The number of carboxylic acids is 1. The van der Waals surface area contributed by atoms with Crippen LogP contribution in [-0.4, -0.2) is 69.4 Å². The normalized spacial score (nSPS) is 16.5. The summed E-state index contributed by atoms with van der Waals surface area (Å²) in [4.78, 5) is 25.7. The van der Waals surface area contributed by atoms with Crippen molar-refractivity contribution >= 4 is 11.9 Å². The van der Waals surface area contributed by atoms with Gasteiger partial charge in [0.25, 0.3) is 0 Å². The molecule has 1 N–H and O–H groups in total. The largest absolute Gasteiger partial charge is 0.490 e. The van der Waals surface area contributed by atoms with Gasteiger partial charge in [-0.15, -0.1) is 0 Å². The van der Waals surface area contributed by atoms with E-state index in [0.717, 1.165) is 48.2 Å². The Labute approximate surface area is 198 Å². The van der Waals surface area contributed by atoms with Crippen LogP contribution in [0.3, 0.4) is 0 Å². The van der Waals surface area contributed by atoms with Crippen LogP contribution < -0.4 is 0 Å². The number of aromatic nitrogens is 2. The number of carbonyl (C=O) groups excluding carboxylic acids is 1. The van der Waals surface area contributed by atoms with Gasteiger partial charge in [-0.2, -0.15) is 18.3 Å². The molecule has 1 aliphatic heterocycles. The van der Waals surface area contributed by atoms with E-state index in [-0.39, 0.29) is 5.91 Å². The second kappa shape index (κ2) is 12.0. The molecule has 3 rings (SSSR count). The van der Waals surface area contributed by atoms with Gasteiger partial charge in [0.15, 0.2) is 0 Å². The highest BCUT2D eigenvalue weighted by Crippen LogP contribution is 2.17. The van der Waals surface area contributed by atoms with Crippen molar-refractivity contribution in [1.82, 2.24) is 19.6 Å². The molecule has 2 heterocycles.